The third kappa shape index (κ3) is 2.73. The lowest BCUT2D eigenvalue weighted by Gasteiger charge is -2.34. The van der Waals surface area contributed by atoms with Crippen LogP contribution in [0, 0.1) is 0 Å². The third-order valence-electron chi connectivity index (χ3n) is 4.41. The lowest BCUT2D eigenvalue weighted by molar-refractivity contribution is -0.0194. The average molecular weight is 274 g/mol. The van der Waals surface area contributed by atoms with E-state index < -0.39 is 5.60 Å². The molecular weight excluding hydrogens is 252 g/mol. The van der Waals surface area contributed by atoms with E-state index in [1.165, 1.54) is 6.42 Å². The van der Waals surface area contributed by atoms with E-state index in [2.05, 4.69) is 0 Å². The summed E-state index contributed by atoms with van der Waals surface area (Å²) in [5.41, 5.74) is 0.133. The molecule has 20 heavy (non-hydrogen) atoms. The molecule has 0 amide bonds. The van der Waals surface area contributed by atoms with Crippen molar-refractivity contribution in [2.75, 3.05) is 7.11 Å². The van der Waals surface area contributed by atoms with Crippen molar-refractivity contribution in [3.63, 3.8) is 0 Å². The largest absolute Gasteiger partial charge is 0.490 e. The summed E-state index contributed by atoms with van der Waals surface area (Å²) in [4.78, 5) is 12.7. The van der Waals surface area contributed by atoms with E-state index in [0.717, 1.165) is 49.8 Å². The van der Waals surface area contributed by atoms with E-state index in [1.54, 1.807) is 7.11 Å². The number of hydrogen-bond donors (Lipinski definition) is 0. The van der Waals surface area contributed by atoms with Gasteiger partial charge in [-0.05, 0) is 49.9 Å². The van der Waals surface area contributed by atoms with Crippen LogP contribution in [0.1, 0.15) is 55.3 Å². The van der Waals surface area contributed by atoms with Crippen molar-refractivity contribution in [2.24, 2.45) is 0 Å². The van der Waals surface area contributed by atoms with Crippen LogP contribution in [0.3, 0.4) is 0 Å². The Labute approximate surface area is 120 Å². The molecule has 0 aromatic heterocycles. The van der Waals surface area contributed by atoms with Gasteiger partial charge in [0, 0.05) is 12.7 Å². The molecule has 3 heteroatoms. The minimum Gasteiger partial charge on any atom is -0.490 e. The molecule has 2 aliphatic carbocycles. The van der Waals surface area contributed by atoms with Gasteiger partial charge in [0.05, 0.1) is 6.10 Å². The second-order valence-corrected chi connectivity index (χ2v) is 5.93. The van der Waals surface area contributed by atoms with Crippen LogP contribution in [0.4, 0.5) is 0 Å². The second-order valence-electron chi connectivity index (χ2n) is 5.93. The Kier molecular flexibility index (Phi) is 3.79. The monoisotopic (exact) mass is 274 g/mol. The predicted octanol–water partition coefficient (Wildman–Crippen LogP) is 3.76. The number of benzene rings is 1. The number of methoxy groups -OCH3 is 1. The standard InChI is InChI=1S/C17H22O3/c1-19-17(11-3-2-4-12-17)16(18)13-5-7-14(8-6-13)20-15-9-10-15/h5-8,15H,2-4,9-12H2,1H3. The van der Waals surface area contributed by atoms with Crippen LogP contribution >= 0.6 is 0 Å². The van der Waals surface area contributed by atoms with Crippen molar-refractivity contribution in [1.82, 2.24) is 0 Å². The molecule has 0 saturated heterocycles. The van der Waals surface area contributed by atoms with Crippen molar-refractivity contribution in [1.29, 1.82) is 0 Å². The van der Waals surface area contributed by atoms with Gasteiger partial charge in [-0.15, -0.1) is 0 Å². The smallest absolute Gasteiger partial charge is 0.194 e. The van der Waals surface area contributed by atoms with Gasteiger partial charge in [-0.3, -0.25) is 4.79 Å². The number of hydrogen-bond acceptors (Lipinski definition) is 3. The summed E-state index contributed by atoms with van der Waals surface area (Å²) >= 11 is 0. The summed E-state index contributed by atoms with van der Waals surface area (Å²) in [6.45, 7) is 0. The topological polar surface area (TPSA) is 35.5 Å². The molecule has 2 fully saturated rings. The summed E-state index contributed by atoms with van der Waals surface area (Å²) in [5, 5.41) is 0. The molecule has 3 nitrogen and oxygen atoms in total. The molecule has 3 rings (SSSR count). The van der Waals surface area contributed by atoms with E-state index in [1.807, 2.05) is 24.3 Å². The SMILES string of the molecule is COC1(C(=O)c2ccc(OC3CC3)cc2)CCCCC1. The highest BCUT2D eigenvalue weighted by Crippen LogP contribution is 2.34. The first-order valence-electron chi connectivity index (χ1n) is 7.60. The normalized spacial score (nSPS) is 21.4. The molecule has 0 atom stereocenters. The molecule has 0 spiro atoms. The number of Topliss-reactive ketones (excluding diaryl/α,β-unsaturated/α-hetero) is 1. The van der Waals surface area contributed by atoms with Gasteiger partial charge in [-0.25, -0.2) is 0 Å². The quantitative estimate of drug-likeness (QED) is 0.767. The van der Waals surface area contributed by atoms with Crippen LogP contribution in [-0.4, -0.2) is 24.6 Å². The third-order valence-corrected chi connectivity index (χ3v) is 4.41. The zero-order valence-electron chi connectivity index (χ0n) is 12.1. The molecule has 0 heterocycles. The molecule has 0 aliphatic heterocycles. The molecule has 0 unspecified atom stereocenters. The maximum absolute atomic E-state index is 12.7. The first-order chi connectivity index (χ1) is 9.73. The van der Waals surface area contributed by atoms with Crippen molar-refractivity contribution >= 4 is 5.78 Å². The fourth-order valence-corrected chi connectivity index (χ4v) is 2.97. The van der Waals surface area contributed by atoms with Crippen LogP contribution in [-0.2, 0) is 4.74 Å². The van der Waals surface area contributed by atoms with Gasteiger partial charge >= 0.3 is 0 Å². The molecule has 1 aromatic carbocycles. The number of ether oxygens (including phenoxy) is 2. The lowest BCUT2D eigenvalue weighted by Crippen LogP contribution is -2.42. The minimum atomic E-state index is -0.600. The molecule has 0 N–H and O–H groups in total. The molecule has 2 saturated carbocycles. The first kappa shape index (κ1) is 13.6. The minimum absolute atomic E-state index is 0.123. The highest BCUT2D eigenvalue weighted by molar-refractivity contribution is 6.02. The molecular formula is C17H22O3. The van der Waals surface area contributed by atoms with Crippen LogP contribution in [0.5, 0.6) is 5.75 Å². The Morgan fingerprint density at radius 2 is 1.75 bits per heavy atom. The molecule has 108 valence electrons. The number of carbonyl (C=O) groups excluding carboxylic acids is 1. The highest BCUT2D eigenvalue weighted by Gasteiger charge is 2.39. The lowest BCUT2D eigenvalue weighted by atomic mass is 9.79. The fraction of sp³-hybridized carbons (Fsp3) is 0.588. The van der Waals surface area contributed by atoms with Crippen LogP contribution in [0.15, 0.2) is 24.3 Å². The van der Waals surface area contributed by atoms with Gasteiger partial charge < -0.3 is 9.47 Å². The van der Waals surface area contributed by atoms with E-state index >= 15 is 0 Å². The predicted molar refractivity (Wildman–Crippen MR) is 77.2 cm³/mol. The second kappa shape index (κ2) is 5.57. The summed E-state index contributed by atoms with van der Waals surface area (Å²) in [6, 6.07) is 7.54. The van der Waals surface area contributed by atoms with E-state index in [9.17, 15) is 4.79 Å². The maximum Gasteiger partial charge on any atom is 0.194 e. The van der Waals surface area contributed by atoms with Crippen LogP contribution < -0.4 is 4.74 Å². The van der Waals surface area contributed by atoms with Gasteiger partial charge in [-0.2, -0.15) is 0 Å². The average Bonchev–Trinajstić information content (AvgIpc) is 3.32. The van der Waals surface area contributed by atoms with Crippen molar-refractivity contribution in [3.8, 4) is 5.75 Å². The van der Waals surface area contributed by atoms with Gasteiger partial charge in [0.1, 0.15) is 11.4 Å². The Bertz CT molecular complexity index is 468. The van der Waals surface area contributed by atoms with Gasteiger partial charge in [-0.1, -0.05) is 19.3 Å². The highest BCUT2D eigenvalue weighted by atomic mass is 16.5. The van der Waals surface area contributed by atoms with Crippen LogP contribution in [0.25, 0.3) is 0 Å². The van der Waals surface area contributed by atoms with Gasteiger partial charge in [0.25, 0.3) is 0 Å². The van der Waals surface area contributed by atoms with Gasteiger partial charge in [0.2, 0.25) is 0 Å². The van der Waals surface area contributed by atoms with E-state index in [0.29, 0.717) is 6.10 Å². The summed E-state index contributed by atoms with van der Waals surface area (Å²) < 4.78 is 11.3. The van der Waals surface area contributed by atoms with Crippen molar-refractivity contribution < 1.29 is 14.3 Å². The van der Waals surface area contributed by atoms with Crippen molar-refractivity contribution in [2.45, 2.75) is 56.7 Å². The van der Waals surface area contributed by atoms with E-state index in [-0.39, 0.29) is 5.78 Å². The summed E-state index contributed by atoms with van der Waals surface area (Å²) in [5.74, 6) is 0.983. The Hall–Kier alpha value is -1.35. The summed E-state index contributed by atoms with van der Waals surface area (Å²) in [7, 11) is 1.66. The number of rotatable bonds is 5. The fourth-order valence-electron chi connectivity index (χ4n) is 2.97. The van der Waals surface area contributed by atoms with Gasteiger partial charge in [0.15, 0.2) is 5.78 Å². The number of ketones is 1. The Morgan fingerprint density at radius 1 is 1.10 bits per heavy atom. The molecule has 0 bridgehead atoms. The first-order valence-corrected chi connectivity index (χ1v) is 7.60. The maximum atomic E-state index is 12.7. The number of carbonyl (C=O) groups is 1. The zero-order chi connectivity index (χ0) is 14.0. The Morgan fingerprint density at radius 3 is 2.30 bits per heavy atom. The van der Waals surface area contributed by atoms with E-state index in [4.69, 9.17) is 9.47 Å². The Balaban J connectivity index is 1.74. The zero-order valence-corrected chi connectivity index (χ0v) is 12.1. The molecule has 2 aliphatic rings. The summed E-state index contributed by atoms with van der Waals surface area (Å²) in [6.07, 6.45) is 7.70. The molecule has 1 aromatic rings. The molecule has 0 radical (unpaired) electrons. The van der Waals surface area contributed by atoms with Crippen molar-refractivity contribution in [3.05, 3.63) is 29.8 Å². The van der Waals surface area contributed by atoms with Crippen LogP contribution in [0.2, 0.25) is 0 Å².